The van der Waals surface area contributed by atoms with Gasteiger partial charge in [0.2, 0.25) is 0 Å². The highest BCUT2D eigenvalue weighted by molar-refractivity contribution is 5.71. The van der Waals surface area contributed by atoms with Crippen LogP contribution in [0, 0.1) is 10.8 Å². The van der Waals surface area contributed by atoms with Gasteiger partial charge in [0.05, 0.1) is 0 Å². The molecule has 1 heterocycles. The SMILES string of the molecule is Cn1c(=O)/c(=C(\Cc2ccccc2)NCc2ccc(-c3ccccc3)cc2)c(N)n/c1=C1/CC12CCCC21CC1. The fraction of sp³-hybridized carbons (Fsp3) is 0.314. The third kappa shape index (κ3) is 4.16. The van der Waals surface area contributed by atoms with E-state index in [4.69, 9.17) is 10.7 Å². The van der Waals surface area contributed by atoms with Crippen molar-refractivity contribution in [2.45, 2.75) is 51.5 Å². The molecular formula is C35H36N4O. The predicted molar refractivity (Wildman–Crippen MR) is 161 cm³/mol. The van der Waals surface area contributed by atoms with Crippen molar-refractivity contribution in [2.24, 2.45) is 17.9 Å². The maximum Gasteiger partial charge on any atom is 0.264 e. The lowest BCUT2D eigenvalue weighted by atomic mass is 9.88. The number of hydrogen-bond acceptors (Lipinski definition) is 4. The van der Waals surface area contributed by atoms with Crippen LogP contribution in [0.3, 0.4) is 0 Å². The molecule has 3 aliphatic carbocycles. The monoisotopic (exact) mass is 528 g/mol. The molecule has 0 amide bonds. The standard InChI is InChI=1S/C35H36N4O/c1-39-32(28-22-35(28)18-8-17-34(35)19-20-34)38-31(36)30(33(39)40)29(21-24-9-4-2-5-10-24)37-23-25-13-15-27(16-14-25)26-11-6-3-7-12-26/h2-7,9-16,37H,8,17-23H2,1H3,(H2,36,38)/b30-29+,32-28+. The van der Waals surface area contributed by atoms with Crippen LogP contribution in [0.1, 0.15) is 49.7 Å². The summed E-state index contributed by atoms with van der Waals surface area (Å²) in [7, 11) is 1.86. The van der Waals surface area contributed by atoms with Crippen molar-refractivity contribution in [2.75, 3.05) is 5.73 Å². The number of hydrogen-bond donors (Lipinski definition) is 2. The fourth-order valence-corrected chi connectivity index (χ4v) is 7.28. The van der Waals surface area contributed by atoms with Gasteiger partial charge in [0.15, 0.2) is 0 Å². The van der Waals surface area contributed by atoms with E-state index in [9.17, 15) is 4.79 Å². The summed E-state index contributed by atoms with van der Waals surface area (Å²) in [5.41, 5.74) is 14.9. The molecule has 1 atom stereocenters. The molecule has 4 aromatic rings. The van der Waals surface area contributed by atoms with Crippen molar-refractivity contribution in [3.63, 3.8) is 0 Å². The molecule has 1 aromatic heterocycles. The van der Waals surface area contributed by atoms with Crippen molar-refractivity contribution in [1.82, 2.24) is 14.9 Å². The van der Waals surface area contributed by atoms with Gasteiger partial charge in [-0.25, -0.2) is 4.98 Å². The maximum absolute atomic E-state index is 13.9. The first kappa shape index (κ1) is 24.9. The van der Waals surface area contributed by atoms with Crippen molar-refractivity contribution in [1.29, 1.82) is 0 Å². The summed E-state index contributed by atoms with van der Waals surface area (Å²) in [6, 6.07) is 29.2. The topological polar surface area (TPSA) is 72.9 Å². The Hall–Kier alpha value is -4.12. The van der Waals surface area contributed by atoms with Crippen molar-refractivity contribution in [3.8, 4) is 11.1 Å². The van der Waals surface area contributed by atoms with E-state index in [1.165, 1.54) is 48.8 Å². The van der Waals surface area contributed by atoms with E-state index in [0.717, 1.165) is 28.7 Å². The minimum absolute atomic E-state index is 0.0715. The Morgan fingerprint density at radius 3 is 2.25 bits per heavy atom. The average molecular weight is 529 g/mol. The Morgan fingerprint density at radius 2 is 1.55 bits per heavy atom. The molecule has 0 bridgehead atoms. The van der Waals surface area contributed by atoms with Gasteiger partial charge >= 0.3 is 0 Å². The molecule has 3 fully saturated rings. The van der Waals surface area contributed by atoms with E-state index in [1.807, 2.05) is 31.3 Å². The Kier molecular flexibility index (Phi) is 5.92. The summed E-state index contributed by atoms with van der Waals surface area (Å²) in [4.78, 5) is 18.8. The van der Waals surface area contributed by atoms with Crippen LogP contribution in [0.4, 0.5) is 5.82 Å². The van der Waals surface area contributed by atoms with Gasteiger partial charge in [0, 0.05) is 31.1 Å². The van der Waals surface area contributed by atoms with Crippen LogP contribution in [-0.4, -0.2) is 9.55 Å². The van der Waals surface area contributed by atoms with E-state index in [0.29, 0.717) is 29.4 Å². The molecule has 5 heteroatoms. The molecule has 3 aliphatic rings. The van der Waals surface area contributed by atoms with Crippen LogP contribution < -0.4 is 27.3 Å². The Bertz CT molecular complexity index is 1750. The molecule has 0 radical (unpaired) electrons. The van der Waals surface area contributed by atoms with E-state index < -0.39 is 0 Å². The van der Waals surface area contributed by atoms with Crippen LogP contribution in [-0.2, 0) is 20.0 Å². The number of nitrogens with zero attached hydrogens (tertiary/aromatic N) is 2. The van der Waals surface area contributed by atoms with Crippen molar-refractivity contribution >= 4 is 17.1 Å². The van der Waals surface area contributed by atoms with E-state index in [2.05, 4.69) is 66.0 Å². The summed E-state index contributed by atoms with van der Waals surface area (Å²) in [6.45, 7) is 0.588. The molecule has 3 aromatic carbocycles. The van der Waals surface area contributed by atoms with Gasteiger partial charge in [0.25, 0.3) is 5.56 Å². The minimum Gasteiger partial charge on any atom is -0.383 e. The van der Waals surface area contributed by atoms with Gasteiger partial charge in [-0.05, 0) is 65.3 Å². The Morgan fingerprint density at radius 1 is 0.875 bits per heavy atom. The van der Waals surface area contributed by atoms with Gasteiger partial charge in [-0.2, -0.15) is 0 Å². The van der Waals surface area contributed by atoms with Gasteiger partial charge < -0.3 is 11.1 Å². The number of nitrogens with two attached hydrogens (primary N) is 1. The van der Waals surface area contributed by atoms with Gasteiger partial charge in [0.1, 0.15) is 16.5 Å². The zero-order valence-electron chi connectivity index (χ0n) is 23.1. The highest BCUT2D eigenvalue weighted by atomic mass is 16.1. The number of anilines is 1. The predicted octanol–water partition coefficient (Wildman–Crippen LogP) is 4.68. The lowest BCUT2D eigenvalue weighted by Gasteiger charge is -2.16. The fourth-order valence-electron chi connectivity index (χ4n) is 7.28. The molecule has 40 heavy (non-hydrogen) atoms. The minimum atomic E-state index is -0.0715. The molecule has 3 saturated carbocycles. The first-order valence-electron chi connectivity index (χ1n) is 14.5. The number of aromatic nitrogens is 2. The largest absolute Gasteiger partial charge is 0.383 e. The third-order valence-corrected chi connectivity index (χ3v) is 9.74. The van der Waals surface area contributed by atoms with Crippen LogP contribution in [0.25, 0.3) is 22.4 Å². The molecule has 7 rings (SSSR count). The van der Waals surface area contributed by atoms with Gasteiger partial charge in [-0.1, -0.05) is 91.3 Å². The summed E-state index contributed by atoms with van der Waals surface area (Å²) < 4.78 is 1.76. The summed E-state index contributed by atoms with van der Waals surface area (Å²) >= 11 is 0. The smallest absolute Gasteiger partial charge is 0.264 e. The summed E-state index contributed by atoms with van der Waals surface area (Å²) in [5.74, 6) is 0.327. The van der Waals surface area contributed by atoms with E-state index >= 15 is 0 Å². The summed E-state index contributed by atoms with van der Waals surface area (Å²) in [5, 5.41) is 4.07. The molecule has 0 saturated heterocycles. The van der Waals surface area contributed by atoms with Crippen LogP contribution in [0.5, 0.6) is 0 Å². The van der Waals surface area contributed by atoms with Crippen LogP contribution >= 0.6 is 0 Å². The van der Waals surface area contributed by atoms with Gasteiger partial charge in [-0.15, -0.1) is 0 Å². The van der Waals surface area contributed by atoms with E-state index in [-0.39, 0.29) is 11.0 Å². The Labute approximate surface area is 235 Å². The molecule has 2 spiro atoms. The highest BCUT2D eigenvalue weighted by Gasteiger charge is 2.70. The number of fused-ring (bicyclic) bond motifs is 1. The molecule has 202 valence electrons. The van der Waals surface area contributed by atoms with Crippen LogP contribution in [0.2, 0.25) is 0 Å². The number of benzene rings is 3. The van der Waals surface area contributed by atoms with Crippen LogP contribution in [0.15, 0.2) is 89.7 Å². The van der Waals surface area contributed by atoms with E-state index in [1.54, 1.807) is 4.57 Å². The molecule has 5 nitrogen and oxygen atoms in total. The lowest BCUT2D eigenvalue weighted by Crippen LogP contribution is -2.47. The second-order valence-corrected chi connectivity index (χ2v) is 12.0. The summed E-state index contributed by atoms with van der Waals surface area (Å²) in [6.07, 6.45) is 8.14. The first-order chi connectivity index (χ1) is 19.5. The molecular weight excluding hydrogens is 492 g/mol. The highest BCUT2D eigenvalue weighted by Crippen LogP contribution is 2.80. The Balaban J connectivity index is 1.26. The second kappa shape index (κ2) is 9.51. The molecule has 0 aliphatic heterocycles. The normalized spacial score (nSPS) is 22.4. The molecule has 1 unspecified atom stereocenters. The first-order valence-corrected chi connectivity index (χ1v) is 14.5. The van der Waals surface area contributed by atoms with Crippen molar-refractivity contribution in [3.05, 3.63) is 117 Å². The molecule has 3 N–H and O–H groups in total. The third-order valence-electron chi connectivity index (χ3n) is 9.74. The quantitative estimate of drug-likeness (QED) is 0.381. The van der Waals surface area contributed by atoms with Crippen molar-refractivity contribution < 1.29 is 0 Å². The average Bonchev–Trinajstić information content (AvgIpc) is 3.89. The lowest BCUT2D eigenvalue weighted by molar-refractivity contribution is 0.368. The second-order valence-electron chi connectivity index (χ2n) is 12.0. The number of rotatable bonds is 6. The van der Waals surface area contributed by atoms with Gasteiger partial charge in [-0.3, -0.25) is 9.36 Å². The number of nitrogens with one attached hydrogen (secondary N) is 1. The maximum atomic E-state index is 13.9. The zero-order valence-corrected chi connectivity index (χ0v) is 23.1. The zero-order chi connectivity index (χ0) is 27.3. The number of nitrogen functional groups attached to an aromatic ring is 1.